The van der Waals surface area contributed by atoms with Crippen molar-refractivity contribution in [1.82, 2.24) is 14.8 Å². The van der Waals surface area contributed by atoms with Gasteiger partial charge >= 0.3 is 11.9 Å². The minimum absolute atomic E-state index is 0.0159. The molecular weight excluding hydrogens is 492 g/mol. The van der Waals surface area contributed by atoms with E-state index in [4.69, 9.17) is 14.2 Å². The number of aromatic nitrogens is 3. The van der Waals surface area contributed by atoms with Gasteiger partial charge in [0.2, 0.25) is 5.91 Å². The fourth-order valence-corrected chi connectivity index (χ4v) is 5.18. The SMILES string of the molecule is CCn1c(COc2cccc(C)c2)nnc1SCC(=O)Nc1sc(C(=O)OC)c(C)c1C(=O)OC. The third-order valence-electron chi connectivity index (χ3n) is 4.96. The van der Waals surface area contributed by atoms with E-state index in [0.29, 0.717) is 23.1 Å². The molecule has 186 valence electrons. The Hall–Kier alpha value is -3.38. The largest absolute Gasteiger partial charge is 0.486 e. The number of hydrogen-bond acceptors (Lipinski definition) is 10. The number of thiophene rings is 1. The zero-order valence-electron chi connectivity index (χ0n) is 20.0. The average molecular weight is 519 g/mol. The molecule has 0 saturated heterocycles. The number of benzene rings is 1. The summed E-state index contributed by atoms with van der Waals surface area (Å²) < 4.78 is 17.3. The summed E-state index contributed by atoms with van der Waals surface area (Å²) in [5, 5.41) is 11.9. The van der Waals surface area contributed by atoms with Crippen molar-refractivity contribution in [2.24, 2.45) is 0 Å². The molecule has 12 heteroatoms. The first-order valence-corrected chi connectivity index (χ1v) is 12.4. The number of thioether (sulfide) groups is 1. The molecule has 0 spiro atoms. The summed E-state index contributed by atoms with van der Waals surface area (Å²) in [6.07, 6.45) is 0. The van der Waals surface area contributed by atoms with Gasteiger partial charge in [-0.3, -0.25) is 4.79 Å². The number of carbonyl (C=O) groups excluding carboxylic acids is 3. The van der Waals surface area contributed by atoms with Gasteiger partial charge in [-0.15, -0.1) is 21.5 Å². The zero-order valence-corrected chi connectivity index (χ0v) is 21.7. The van der Waals surface area contributed by atoms with Crippen molar-refractivity contribution in [3.8, 4) is 5.75 Å². The standard InChI is InChI=1S/C23H26N4O6S2/c1-6-27-16(11-33-15-9-7-8-13(2)10-15)25-26-23(27)34-12-17(28)24-20-18(21(29)31-4)14(3)19(35-20)22(30)32-5/h7-10H,6,11-12H2,1-5H3,(H,24,28). The molecule has 3 aromatic rings. The first kappa shape index (κ1) is 26.2. The number of carbonyl (C=O) groups is 3. The lowest BCUT2D eigenvalue weighted by Crippen LogP contribution is -2.16. The van der Waals surface area contributed by atoms with E-state index in [1.165, 1.54) is 26.0 Å². The maximum Gasteiger partial charge on any atom is 0.348 e. The van der Waals surface area contributed by atoms with Gasteiger partial charge in [0.25, 0.3) is 0 Å². The summed E-state index contributed by atoms with van der Waals surface area (Å²) in [6, 6.07) is 7.72. The molecule has 0 radical (unpaired) electrons. The first-order valence-electron chi connectivity index (χ1n) is 10.6. The molecule has 0 aliphatic carbocycles. The number of hydrogen-bond donors (Lipinski definition) is 1. The molecule has 2 heterocycles. The molecule has 35 heavy (non-hydrogen) atoms. The summed E-state index contributed by atoms with van der Waals surface area (Å²) in [6.45, 7) is 6.38. The second-order valence-electron chi connectivity index (χ2n) is 7.33. The van der Waals surface area contributed by atoms with Crippen molar-refractivity contribution in [3.63, 3.8) is 0 Å². The fourth-order valence-electron chi connectivity index (χ4n) is 3.23. The van der Waals surface area contributed by atoms with E-state index in [1.807, 2.05) is 42.7 Å². The maximum atomic E-state index is 12.7. The Kier molecular flexibility index (Phi) is 8.88. The van der Waals surface area contributed by atoms with E-state index in [2.05, 4.69) is 15.5 Å². The van der Waals surface area contributed by atoms with Gasteiger partial charge in [-0.25, -0.2) is 9.59 Å². The van der Waals surface area contributed by atoms with Gasteiger partial charge in [0, 0.05) is 6.54 Å². The number of esters is 2. The lowest BCUT2D eigenvalue weighted by atomic mass is 10.1. The number of methoxy groups -OCH3 is 2. The zero-order chi connectivity index (χ0) is 25.5. The van der Waals surface area contributed by atoms with E-state index in [9.17, 15) is 14.4 Å². The number of nitrogens with zero attached hydrogens (tertiary/aromatic N) is 3. The molecule has 0 aliphatic heterocycles. The molecule has 1 N–H and O–H groups in total. The van der Waals surface area contributed by atoms with Crippen LogP contribution in [0.4, 0.5) is 5.00 Å². The van der Waals surface area contributed by atoms with Crippen LogP contribution in [0.3, 0.4) is 0 Å². The van der Waals surface area contributed by atoms with Crippen molar-refractivity contribution in [2.45, 2.75) is 39.1 Å². The van der Waals surface area contributed by atoms with Gasteiger partial charge in [-0.1, -0.05) is 23.9 Å². The van der Waals surface area contributed by atoms with Gasteiger partial charge < -0.3 is 24.1 Å². The molecule has 0 fully saturated rings. The highest BCUT2D eigenvalue weighted by Crippen LogP contribution is 2.34. The number of anilines is 1. The number of nitrogens with one attached hydrogen (secondary N) is 1. The molecule has 10 nitrogen and oxygen atoms in total. The van der Waals surface area contributed by atoms with Crippen LogP contribution in [0, 0.1) is 13.8 Å². The van der Waals surface area contributed by atoms with Gasteiger partial charge in [0.1, 0.15) is 22.2 Å². The van der Waals surface area contributed by atoms with Gasteiger partial charge in [0.05, 0.1) is 25.5 Å². The highest BCUT2D eigenvalue weighted by molar-refractivity contribution is 7.99. The monoisotopic (exact) mass is 518 g/mol. The number of ether oxygens (including phenoxy) is 3. The summed E-state index contributed by atoms with van der Waals surface area (Å²) in [5.74, 6) is -0.224. The third-order valence-corrected chi connectivity index (χ3v) is 7.11. The van der Waals surface area contributed by atoms with Crippen LogP contribution in [0.5, 0.6) is 5.75 Å². The van der Waals surface area contributed by atoms with Crippen molar-refractivity contribution in [1.29, 1.82) is 0 Å². The average Bonchev–Trinajstić information content (AvgIpc) is 3.40. The van der Waals surface area contributed by atoms with Gasteiger partial charge in [-0.05, 0) is 44.0 Å². The summed E-state index contributed by atoms with van der Waals surface area (Å²) >= 11 is 2.17. The molecule has 0 aliphatic rings. The van der Waals surface area contributed by atoms with Crippen LogP contribution in [0.2, 0.25) is 0 Å². The predicted molar refractivity (Wildman–Crippen MR) is 132 cm³/mol. The molecule has 2 aromatic heterocycles. The van der Waals surface area contributed by atoms with Crippen molar-refractivity contribution in [3.05, 3.63) is 51.7 Å². The number of aryl methyl sites for hydroxylation is 1. The van der Waals surface area contributed by atoms with Crippen LogP contribution in [0.25, 0.3) is 0 Å². The Bertz CT molecular complexity index is 1240. The minimum Gasteiger partial charge on any atom is -0.486 e. The van der Waals surface area contributed by atoms with E-state index in [-0.39, 0.29) is 33.7 Å². The Labute approximate surface area is 211 Å². The summed E-state index contributed by atoms with van der Waals surface area (Å²) in [4.78, 5) is 37.2. The quantitative estimate of drug-likeness (QED) is 0.315. The van der Waals surface area contributed by atoms with Crippen LogP contribution in [-0.4, -0.2) is 52.6 Å². The van der Waals surface area contributed by atoms with Crippen LogP contribution in [0.15, 0.2) is 29.4 Å². The van der Waals surface area contributed by atoms with Crippen LogP contribution in [-0.2, 0) is 27.4 Å². The predicted octanol–water partition coefficient (Wildman–Crippen LogP) is 3.86. The normalized spacial score (nSPS) is 10.7. The van der Waals surface area contributed by atoms with Gasteiger partial charge in [0.15, 0.2) is 11.0 Å². The van der Waals surface area contributed by atoms with E-state index in [0.717, 1.165) is 22.6 Å². The Morgan fingerprint density at radius 3 is 2.51 bits per heavy atom. The molecule has 0 atom stereocenters. The second kappa shape index (κ2) is 11.8. The molecular formula is C23H26N4O6S2. The molecule has 0 saturated carbocycles. The summed E-state index contributed by atoms with van der Waals surface area (Å²) in [5.41, 5.74) is 1.61. The number of amides is 1. The maximum absolute atomic E-state index is 12.7. The fraction of sp³-hybridized carbons (Fsp3) is 0.348. The highest BCUT2D eigenvalue weighted by atomic mass is 32.2. The van der Waals surface area contributed by atoms with Crippen LogP contribution in [0.1, 0.15) is 43.9 Å². The molecule has 0 bridgehead atoms. The molecule has 0 unspecified atom stereocenters. The Morgan fingerprint density at radius 1 is 1.11 bits per heavy atom. The van der Waals surface area contributed by atoms with Gasteiger partial charge in [-0.2, -0.15) is 0 Å². The molecule has 1 amide bonds. The highest BCUT2D eigenvalue weighted by Gasteiger charge is 2.27. The number of rotatable bonds is 10. The molecule has 3 rings (SSSR count). The lowest BCUT2D eigenvalue weighted by molar-refractivity contribution is -0.113. The van der Waals surface area contributed by atoms with E-state index < -0.39 is 11.9 Å². The van der Waals surface area contributed by atoms with Crippen molar-refractivity contribution >= 4 is 45.9 Å². The van der Waals surface area contributed by atoms with E-state index in [1.54, 1.807) is 6.92 Å². The minimum atomic E-state index is -0.652. The van der Waals surface area contributed by atoms with Crippen LogP contribution < -0.4 is 10.1 Å². The second-order valence-corrected chi connectivity index (χ2v) is 9.29. The first-order chi connectivity index (χ1) is 16.8. The van der Waals surface area contributed by atoms with Crippen LogP contribution >= 0.6 is 23.1 Å². The van der Waals surface area contributed by atoms with Crippen molar-refractivity contribution in [2.75, 3.05) is 25.3 Å². The lowest BCUT2D eigenvalue weighted by Gasteiger charge is -2.09. The third kappa shape index (κ3) is 6.20. The molecule has 1 aromatic carbocycles. The van der Waals surface area contributed by atoms with E-state index >= 15 is 0 Å². The Balaban J connectivity index is 1.68. The summed E-state index contributed by atoms with van der Waals surface area (Å²) in [7, 11) is 2.48. The Morgan fingerprint density at radius 2 is 1.86 bits per heavy atom. The smallest absolute Gasteiger partial charge is 0.348 e. The topological polar surface area (TPSA) is 122 Å². The van der Waals surface area contributed by atoms with Crippen molar-refractivity contribution < 1.29 is 28.6 Å².